The molecule has 0 bridgehead atoms. The van der Waals surface area contributed by atoms with E-state index in [0.29, 0.717) is 36.7 Å². The second-order valence-corrected chi connectivity index (χ2v) is 7.58. The maximum atomic E-state index is 12.7. The van der Waals surface area contributed by atoms with Crippen molar-refractivity contribution in [2.75, 3.05) is 28.4 Å². The first-order valence-electron chi connectivity index (χ1n) is 9.91. The standard InChI is InChI=1S/C23H30O7/c1-7-10-23-12-18(27-5)19(24)20(28-6)21(23)30-22(14(23)2)29-13-15-8-9-16(25-3)17(11-15)26-4/h7-9,11,14,18,22H,1,10,12-13H2,2-6H3/t14-,18-,22-,23-/m1/s1. The zero-order valence-corrected chi connectivity index (χ0v) is 18.2. The summed E-state index contributed by atoms with van der Waals surface area (Å²) in [6.45, 7) is 6.29. The first-order valence-corrected chi connectivity index (χ1v) is 9.91. The summed E-state index contributed by atoms with van der Waals surface area (Å²) in [5.41, 5.74) is 0.451. The Morgan fingerprint density at radius 1 is 1.17 bits per heavy atom. The Labute approximate surface area is 177 Å². The van der Waals surface area contributed by atoms with E-state index < -0.39 is 17.8 Å². The van der Waals surface area contributed by atoms with Gasteiger partial charge in [0.2, 0.25) is 17.8 Å². The van der Waals surface area contributed by atoms with Gasteiger partial charge in [-0.25, -0.2) is 0 Å². The first kappa shape index (κ1) is 22.2. The van der Waals surface area contributed by atoms with Gasteiger partial charge in [0.25, 0.3) is 0 Å². The molecule has 0 spiro atoms. The van der Waals surface area contributed by atoms with Crippen LogP contribution < -0.4 is 9.47 Å². The van der Waals surface area contributed by atoms with Gasteiger partial charge in [-0.05, 0) is 30.5 Å². The van der Waals surface area contributed by atoms with Crippen LogP contribution in [0.4, 0.5) is 0 Å². The number of ketones is 1. The van der Waals surface area contributed by atoms with Crippen molar-refractivity contribution in [3.8, 4) is 11.5 Å². The van der Waals surface area contributed by atoms with Gasteiger partial charge in [0.15, 0.2) is 17.3 Å². The lowest BCUT2D eigenvalue weighted by atomic mass is 9.66. The molecule has 1 aromatic carbocycles. The Kier molecular flexibility index (Phi) is 6.73. The molecule has 0 saturated carbocycles. The normalized spacial score (nSPS) is 28.0. The van der Waals surface area contributed by atoms with Crippen molar-refractivity contribution in [2.24, 2.45) is 11.3 Å². The molecule has 7 heteroatoms. The number of carbonyl (C=O) groups excluding carboxylic acids is 1. The number of methoxy groups -OCH3 is 4. The number of fused-ring (bicyclic) bond motifs is 1. The van der Waals surface area contributed by atoms with Crippen LogP contribution in [0, 0.1) is 11.3 Å². The molecule has 3 rings (SSSR count). The molecule has 0 amide bonds. The van der Waals surface area contributed by atoms with Crippen LogP contribution in [-0.4, -0.2) is 46.6 Å². The summed E-state index contributed by atoms with van der Waals surface area (Å²) in [7, 11) is 6.20. The van der Waals surface area contributed by atoms with E-state index in [-0.39, 0.29) is 17.5 Å². The second kappa shape index (κ2) is 9.10. The molecule has 1 aliphatic carbocycles. The average molecular weight is 418 g/mol. The molecule has 1 aliphatic heterocycles. The number of allylic oxidation sites excluding steroid dienone is 2. The predicted octanol–water partition coefficient (Wildman–Crippen LogP) is 3.62. The van der Waals surface area contributed by atoms with Crippen molar-refractivity contribution in [3.63, 3.8) is 0 Å². The van der Waals surface area contributed by atoms with Crippen molar-refractivity contribution >= 4 is 5.78 Å². The van der Waals surface area contributed by atoms with Gasteiger partial charge in [-0.3, -0.25) is 4.79 Å². The molecular formula is C23H30O7. The fourth-order valence-electron chi connectivity index (χ4n) is 4.37. The molecule has 0 aromatic heterocycles. The minimum atomic E-state index is -0.584. The van der Waals surface area contributed by atoms with Crippen LogP contribution >= 0.6 is 0 Å². The van der Waals surface area contributed by atoms with Crippen molar-refractivity contribution in [1.82, 2.24) is 0 Å². The Morgan fingerprint density at radius 3 is 2.50 bits per heavy atom. The van der Waals surface area contributed by atoms with Gasteiger partial charge in [-0.15, -0.1) is 6.58 Å². The molecular weight excluding hydrogens is 388 g/mol. The van der Waals surface area contributed by atoms with Crippen LogP contribution in [0.3, 0.4) is 0 Å². The van der Waals surface area contributed by atoms with E-state index in [2.05, 4.69) is 13.5 Å². The van der Waals surface area contributed by atoms with Gasteiger partial charge >= 0.3 is 0 Å². The fraction of sp³-hybridized carbons (Fsp3) is 0.522. The van der Waals surface area contributed by atoms with Crippen LogP contribution in [0.2, 0.25) is 0 Å². The summed E-state index contributed by atoms with van der Waals surface area (Å²) in [5.74, 6) is 1.78. The van der Waals surface area contributed by atoms with Gasteiger partial charge in [-0.2, -0.15) is 0 Å². The van der Waals surface area contributed by atoms with Crippen LogP contribution in [0.5, 0.6) is 11.5 Å². The molecule has 1 heterocycles. The quantitative estimate of drug-likeness (QED) is 0.567. The molecule has 164 valence electrons. The predicted molar refractivity (Wildman–Crippen MR) is 110 cm³/mol. The third kappa shape index (κ3) is 3.68. The lowest BCUT2D eigenvalue weighted by Crippen LogP contribution is -2.42. The van der Waals surface area contributed by atoms with Gasteiger partial charge < -0.3 is 28.4 Å². The van der Waals surface area contributed by atoms with Crippen LogP contribution in [-0.2, 0) is 30.3 Å². The lowest BCUT2D eigenvalue weighted by Gasteiger charge is -2.38. The summed E-state index contributed by atoms with van der Waals surface area (Å²) in [6, 6.07) is 5.62. The lowest BCUT2D eigenvalue weighted by molar-refractivity contribution is -0.133. The van der Waals surface area contributed by atoms with E-state index in [1.807, 2.05) is 24.3 Å². The Morgan fingerprint density at radius 2 is 1.90 bits per heavy atom. The molecule has 0 unspecified atom stereocenters. The topological polar surface area (TPSA) is 72.5 Å². The maximum Gasteiger partial charge on any atom is 0.229 e. The maximum absolute atomic E-state index is 12.7. The summed E-state index contributed by atoms with van der Waals surface area (Å²) in [5, 5.41) is 0. The summed E-state index contributed by atoms with van der Waals surface area (Å²) in [6.07, 6.45) is 1.83. The Balaban J connectivity index is 1.86. The van der Waals surface area contributed by atoms with Gasteiger partial charge in [0.1, 0.15) is 6.10 Å². The van der Waals surface area contributed by atoms with Gasteiger partial charge in [0, 0.05) is 18.4 Å². The number of hydrogen-bond acceptors (Lipinski definition) is 7. The molecule has 30 heavy (non-hydrogen) atoms. The number of rotatable bonds is 9. The highest BCUT2D eigenvalue weighted by molar-refractivity contribution is 5.99. The third-order valence-electron chi connectivity index (χ3n) is 6.10. The minimum absolute atomic E-state index is 0.0402. The molecule has 4 atom stereocenters. The fourth-order valence-corrected chi connectivity index (χ4v) is 4.37. The average Bonchev–Trinajstić information content (AvgIpc) is 3.03. The largest absolute Gasteiger partial charge is 0.493 e. The number of ether oxygens (including phenoxy) is 6. The molecule has 0 N–H and O–H groups in total. The van der Waals surface area contributed by atoms with E-state index in [9.17, 15) is 4.79 Å². The minimum Gasteiger partial charge on any atom is -0.493 e. The van der Waals surface area contributed by atoms with Crippen molar-refractivity contribution in [3.05, 3.63) is 47.9 Å². The van der Waals surface area contributed by atoms with E-state index in [4.69, 9.17) is 28.4 Å². The van der Waals surface area contributed by atoms with E-state index in [1.54, 1.807) is 14.2 Å². The Bertz CT molecular complexity index is 831. The highest BCUT2D eigenvalue weighted by Gasteiger charge is 2.58. The van der Waals surface area contributed by atoms with Gasteiger partial charge in [0.05, 0.1) is 27.9 Å². The van der Waals surface area contributed by atoms with E-state index in [1.165, 1.54) is 14.2 Å². The zero-order valence-electron chi connectivity index (χ0n) is 18.2. The number of hydrogen-bond donors (Lipinski definition) is 0. The van der Waals surface area contributed by atoms with Crippen molar-refractivity contribution in [2.45, 2.75) is 38.8 Å². The Hall–Kier alpha value is -2.51. The highest BCUT2D eigenvalue weighted by atomic mass is 16.7. The summed E-state index contributed by atoms with van der Waals surface area (Å²) >= 11 is 0. The smallest absolute Gasteiger partial charge is 0.229 e. The molecule has 1 fully saturated rings. The monoisotopic (exact) mass is 418 g/mol. The van der Waals surface area contributed by atoms with E-state index in [0.717, 1.165) is 5.56 Å². The van der Waals surface area contributed by atoms with E-state index >= 15 is 0 Å². The van der Waals surface area contributed by atoms with Crippen molar-refractivity contribution in [1.29, 1.82) is 0 Å². The van der Waals surface area contributed by atoms with Crippen LogP contribution in [0.15, 0.2) is 42.4 Å². The zero-order chi connectivity index (χ0) is 21.9. The van der Waals surface area contributed by atoms with Crippen molar-refractivity contribution < 1.29 is 33.2 Å². The summed E-state index contributed by atoms with van der Waals surface area (Å²) in [4.78, 5) is 12.7. The third-order valence-corrected chi connectivity index (χ3v) is 6.10. The number of Topliss-reactive ketones (excluding diaryl/α,β-unsaturated/α-hetero) is 1. The molecule has 1 saturated heterocycles. The SMILES string of the molecule is C=CC[C@]12C[C@@H](OC)C(=O)C(OC)=C1O[C@@H](OCc1ccc(OC)c(OC)c1)[C@H]2C. The first-order chi connectivity index (χ1) is 14.4. The van der Waals surface area contributed by atoms with Gasteiger partial charge in [-0.1, -0.05) is 19.1 Å². The molecule has 7 nitrogen and oxygen atoms in total. The van der Waals surface area contributed by atoms with Crippen LogP contribution in [0.1, 0.15) is 25.3 Å². The summed E-state index contributed by atoms with van der Waals surface area (Å²) < 4.78 is 33.9. The second-order valence-electron chi connectivity index (χ2n) is 7.58. The molecule has 2 aliphatic rings. The molecule has 1 aromatic rings. The highest BCUT2D eigenvalue weighted by Crippen LogP contribution is 2.56. The molecule has 0 radical (unpaired) electrons. The number of carbonyl (C=O) groups is 1. The van der Waals surface area contributed by atoms with Crippen LogP contribution in [0.25, 0.3) is 0 Å². The number of benzene rings is 1.